The Kier molecular flexibility index (Phi) is 6.12. The van der Waals surface area contributed by atoms with Crippen LogP contribution in [-0.2, 0) is 32.7 Å². The van der Waals surface area contributed by atoms with E-state index >= 15 is 0 Å². The minimum atomic E-state index is -3.65. The Morgan fingerprint density at radius 1 is 1.14 bits per heavy atom. The van der Waals surface area contributed by atoms with Crippen molar-refractivity contribution in [3.05, 3.63) is 70.6 Å². The zero-order chi connectivity index (χ0) is 24.6. The highest BCUT2D eigenvalue weighted by Crippen LogP contribution is 2.25. The Morgan fingerprint density at radius 3 is 2.74 bits per heavy atom. The maximum absolute atomic E-state index is 14.0. The standard InChI is InChI=1S/C24H22FN3O6S/c25-19-7-5-16(23-18(19)4-3-10-26-23)15-33-22(29)9-13-28-20-8-6-17(14-21(20)34-24(28)30)35(31,32)27-11-1-2-12-27/h3-8,10,14H,1-2,9,11-13,15H2. The highest BCUT2D eigenvalue weighted by Gasteiger charge is 2.28. The van der Waals surface area contributed by atoms with E-state index in [-0.39, 0.29) is 30.1 Å². The number of sulfonamides is 1. The van der Waals surface area contributed by atoms with Crippen LogP contribution in [0.1, 0.15) is 24.8 Å². The Labute approximate surface area is 199 Å². The lowest BCUT2D eigenvalue weighted by Gasteiger charge is -2.15. The van der Waals surface area contributed by atoms with Crippen molar-refractivity contribution < 1.29 is 26.8 Å². The molecule has 0 unspecified atom stereocenters. The van der Waals surface area contributed by atoms with Gasteiger partial charge in [0.05, 0.1) is 22.3 Å². The molecule has 0 spiro atoms. The van der Waals surface area contributed by atoms with E-state index in [1.165, 1.54) is 45.4 Å². The number of carbonyl (C=O) groups excluding carboxylic acids is 1. The van der Waals surface area contributed by atoms with E-state index in [4.69, 9.17) is 9.15 Å². The Balaban J connectivity index is 1.28. The van der Waals surface area contributed by atoms with Crippen LogP contribution in [0.15, 0.2) is 62.8 Å². The molecule has 1 aliphatic rings. The van der Waals surface area contributed by atoms with Crippen molar-refractivity contribution in [1.82, 2.24) is 13.9 Å². The number of esters is 1. The van der Waals surface area contributed by atoms with Gasteiger partial charge in [0.1, 0.15) is 12.4 Å². The topological polar surface area (TPSA) is 112 Å². The fraction of sp³-hybridized carbons (Fsp3) is 0.292. The molecule has 1 fully saturated rings. The molecule has 1 saturated heterocycles. The molecule has 0 N–H and O–H groups in total. The van der Waals surface area contributed by atoms with Crippen LogP contribution in [0.25, 0.3) is 22.0 Å². The predicted octanol–water partition coefficient (Wildman–Crippen LogP) is 3.20. The number of pyridine rings is 1. The quantitative estimate of drug-likeness (QED) is 0.359. The zero-order valence-corrected chi connectivity index (χ0v) is 19.5. The fourth-order valence-corrected chi connectivity index (χ4v) is 5.78. The third-order valence-corrected chi connectivity index (χ3v) is 7.97. The van der Waals surface area contributed by atoms with E-state index in [1.54, 1.807) is 12.1 Å². The first-order chi connectivity index (χ1) is 16.8. The van der Waals surface area contributed by atoms with Crippen LogP contribution < -0.4 is 5.76 Å². The summed E-state index contributed by atoms with van der Waals surface area (Å²) in [5.41, 5.74) is 1.49. The number of halogens is 1. The number of fused-ring (bicyclic) bond motifs is 2. The van der Waals surface area contributed by atoms with Crippen LogP contribution >= 0.6 is 0 Å². The number of rotatable bonds is 7. The predicted molar refractivity (Wildman–Crippen MR) is 125 cm³/mol. The maximum Gasteiger partial charge on any atom is 0.419 e. The summed E-state index contributed by atoms with van der Waals surface area (Å²) in [6, 6.07) is 10.3. The van der Waals surface area contributed by atoms with Gasteiger partial charge >= 0.3 is 11.7 Å². The van der Waals surface area contributed by atoms with Crippen LogP contribution in [0, 0.1) is 5.82 Å². The van der Waals surface area contributed by atoms with Crippen LogP contribution in [0.5, 0.6) is 0 Å². The molecule has 0 bridgehead atoms. The van der Waals surface area contributed by atoms with Crippen LogP contribution in [0.3, 0.4) is 0 Å². The number of ether oxygens (including phenoxy) is 1. The lowest BCUT2D eigenvalue weighted by molar-refractivity contribution is -0.145. The Morgan fingerprint density at radius 2 is 1.94 bits per heavy atom. The van der Waals surface area contributed by atoms with Crippen molar-refractivity contribution in [2.24, 2.45) is 0 Å². The van der Waals surface area contributed by atoms with Crippen LogP contribution in [0.2, 0.25) is 0 Å². The molecule has 9 nitrogen and oxygen atoms in total. The van der Waals surface area contributed by atoms with Crippen molar-refractivity contribution in [2.45, 2.75) is 37.3 Å². The smallest absolute Gasteiger partial charge is 0.419 e. The molecular formula is C24H22FN3O6S. The van der Waals surface area contributed by atoms with Gasteiger partial charge in [-0.2, -0.15) is 4.31 Å². The molecule has 2 aromatic heterocycles. The van der Waals surface area contributed by atoms with Gasteiger partial charge in [0.25, 0.3) is 0 Å². The number of carbonyl (C=O) groups is 1. The van der Waals surface area contributed by atoms with Crippen molar-refractivity contribution in [2.75, 3.05) is 13.1 Å². The van der Waals surface area contributed by atoms with Gasteiger partial charge in [-0.05, 0) is 43.2 Å². The summed E-state index contributed by atoms with van der Waals surface area (Å²) in [5, 5.41) is 0.337. The minimum absolute atomic E-state index is 0.00863. The van der Waals surface area contributed by atoms with Gasteiger partial charge in [-0.1, -0.05) is 6.07 Å². The molecule has 11 heteroatoms. The molecule has 1 aliphatic heterocycles. The second kappa shape index (κ2) is 9.23. The summed E-state index contributed by atoms with van der Waals surface area (Å²) >= 11 is 0. The Hall–Kier alpha value is -3.57. The number of hydrogen-bond donors (Lipinski definition) is 0. The molecule has 2 aromatic carbocycles. The average molecular weight is 500 g/mol. The van der Waals surface area contributed by atoms with E-state index in [0.717, 1.165) is 12.8 Å². The number of aryl methyl sites for hydroxylation is 1. The molecule has 0 aliphatic carbocycles. The molecule has 0 saturated carbocycles. The lowest BCUT2D eigenvalue weighted by Crippen LogP contribution is -2.27. The number of aromatic nitrogens is 2. The highest BCUT2D eigenvalue weighted by molar-refractivity contribution is 7.89. The first-order valence-electron chi connectivity index (χ1n) is 11.2. The SMILES string of the molecule is O=C(CCn1c(=O)oc2cc(S(=O)(=O)N3CCCC3)ccc21)OCc1ccc(F)c2cccnc12. The van der Waals surface area contributed by atoms with Gasteiger partial charge in [-0.15, -0.1) is 0 Å². The van der Waals surface area contributed by atoms with Crippen molar-refractivity contribution >= 4 is 38.0 Å². The molecule has 182 valence electrons. The third-order valence-electron chi connectivity index (χ3n) is 6.07. The first-order valence-corrected chi connectivity index (χ1v) is 12.6. The molecule has 4 aromatic rings. The molecule has 5 rings (SSSR count). The lowest BCUT2D eigenvalue weighted by atomic mass is 10.1. The molecule has 0 amide bonds. The number of nitrogens with zero attached hydrogens (tertiary/aromatic N) is 3. The molecule has 3 heterocycles. The summed E-state index contributed by atoms with van der Waals surface area (Å²) in [5.74, 6) is -1.67. The second-order valence-electron chi connectivity index (χ2n) is 8.28. The van der Waals surface area contributed by atoms with Crippen molar-refractivity contribution in [3.63, 3.8) is 0 Å². The van der Waals surface area contributed by atoms with Gasteiger partial charge in [0.15, 0.2) is 5.58 Å². The van der Waals surface area contributed by atoms with Crippen molar-refractivity contribution in [1.29, 1.82) is 0 Å². The summed E-state index contributed by atoms with van der Waals surface area (Å²) in [4.78, 5) is 28.9. The number of oxazole rings is 1. The fourth-order valence-electron chi connectivity index (χ4n) is 4.24. The van der Waals surface area contributed by atoms with Crippen LogP contribution in [-0.4, -0.2) is 41.3 Å². The van der Waals surface area contributed by atoms with Gasteiger partial charge in [-0.25, -0.2) is 17.6 Å². The monoisotopic (exact) mass is 499 g/mol. The zero-order valence-electron chi connectivity index (χ0n) is 18.6. The van der Waals surface area contributed by atoms with Crippen LogP contribution in [0.4, 0.5) is 4.39 Å². The summed E-state index contributed by atoms with van der Waals surface area (Å²) < 4.78 is 52.8. The minimum Gasteiger partial charge on any atom is -0.461 e. The number of hydrogen-bond acceptors (Lipinski definition) is 7. The maximum atomic E-state index is 14.0. The highest BCUT2D eigenvalue weighted by atomic mass is 32.2. The van der Waals surface area contributed by atoms with E-state index in [9.17, 15) is 22.4 Å². The number of benzene rings is 2. The third kappa shape index (κ3) is 4.44. The molecule has 0 atom stereocenters. The summed E-state index contributed by atoms with van der Waals surface area (Å²) in [7, 11) is -3.65. The van der Waals surface area contributed by atoms with E-state index in [0.29, 0.717) is 35.1 Å². The van der Waals surface area contributed by atoms with Gasteiger partial charge in [-0.3, -0.25) is 14.3 Å². The average Bonchev–Trinajstić information content (AvgIpc) is 3.50. The first kappa shape index (κ1) is 23.2. The largest absolute Gasteiger partial charge is 0.461 e. The summed E-state index contributed by atoms with van der Waals surface area (Å²) in [6.45, 7) is 0.838. The molecule has 0 radical (unpaired) electrons. The normalized spacial score (nSPS) is 14.7. The van der Waals surface area contributed by atoms with Crippen molar-refractivity contribution in [3.8, 4) is 0 Å². The van der Waals surface area contributed by atoms with E-state index < -0.39 is 27.6 Å². The molecule has 35 heavy (non-hydrogen) atoms. The van der Waals surface area contributed by atoms with E-state index in [2.05, 4.69) is 4.98 Å². The Bertz CT molecular complexity index is 1590. The van der Waals surface area contributed by atoms with E-state index in [1.807, 2.05) is 0 Å². The van der Waals surface area contributed by atoms with Gasteiger partial charge in [0.2, 0.25) is 10.0 Å². The molecular weight excluding hydrogens is 477 g/mol. The van der Waals surface area contributed by atoms with Gasteiger partial charge in [0, 0.05) is 42.8 Å². The second-order valence-corrected chi connectivity index (χ2v) is 10.2. The summed E-state index contributed by atoms with van der Waals surface area (Å²) in [6.07, 6.45) is 3.05. The van der Waals surface area contributed by atoms with Gasteiger partial charge < -0.3 is 9.15 Å².